The van der Waals surface area contributed by atoms with E-state index in [0.717, 1.165) is 71.2 Å². The van der Waals surface area contributed by atoms with Crippen molar-refractivity contribution in [1.29, 1.82) is 0 Å². The highest BCUT2D eigenvalue weighted by molar-refractivity contribution is 7.94. The van der Waals surface area contributed by atoms with Crippen molar-refractivity contribution in [2.24, 2.45) is 0 Å². The minimum atomic E-state index is -3.39. The second kappa shape index (κ2) is 13.2. The van der Waals surface area contributed by atoms with Crippen LogP contribution in [0.1, 0.15) is 19.4 Å². The van der Waals surface area contributed by atoms with Gasteiger partial charge in [0.2, 0.25) is 0 Å². The lowest BCUT2D eigenvalue weighted by atomic mass is 9.92. The Morgan fingerprint density at radius 2 is 1.58 bits per heavy atom. The van der Waals surface area contributed by atoms with Gasteiger partial charge < -0.3 is 5.48 Å². The highest BCUT2D eigenvalue weighted by Gasteiger charge is 2.33. The van der Waals surface area contributed by atoms with Crippen molar-refractivity contribution in [2.75, 3.05) is 13.4 Å². The molecule has 3 aromatic heterocycles. The first-order chi connectivity index (χ1) is 21.2. The third-order valence-electron chi connectivity index (χ3n) is 7.62. The molecule has 0 saturated carbocycles. The largest absolute Gasteiger partial charge is 0.412 e. The fraction of sp³-hybridized carbons (Fsp3) is 0.147. The Labute approximate surface area is 270 Å². The van der Waals surface area contributed by atoms with Crippen molar-refractivity contribution in [3.05, 3.63) is 109 Å². The predicted octanol–water partition coefficient (Wildman–Crippen LogP) is 7.79. The minimum Gasteiger partial charge on any atom is -0.412 e. The van der Waals surface area contributed by atoms with Crippen molar-refractivity contribution in [3.63, 3.8) is 0 Å². The van der Waals surface area contributed by atoms with Gasteiger partial charge in [0.25, 0.3) is 0 Å². The number of rotatable bonds is 9. The molecule has 3 aromatic carbocycles. The quantitative estimate of drug-likeness (QED) is 0.0877. The molecule has 8 nitrogen and oxygen atoms in total. The normalized spacial score (nSPS) is 11.8. The summed E-state index contributed by atoms with van der Waals surface area (Å²) in [5.41, 5.74) is 7.07. The average Bonchev–Trinajstić information content (AvgIpc) is 3.49. The number of pyridine rings is 2. The van der Waals surface area contributed by atoms with Gasteiger partial charge in [-0.1, -0.05) is 36.4 Å². The monoisotopic (exact) mass is 657 g/mol. The SMILES string of the molecule is COOSc1ccc(-c2nc(-c3cccnc3)sc2-c2cccc(-c3cc(C(C)(C)S(C)(=O)=O)cc4cccnc34)c2)cc1.O. The van der Waals surface area contributed by atoms with Crippen LogP contribution in [0.2, 0.25) is 0 Å². The highest BCUT2D eigenvalue weighted by Crippen LogP contribution is 2.43. The van der Waals surface area contributed by atoms with E-state index in [4.69, 9.17) is 19.2 Å². The van der Waals surface area contributed by atoms with E-state index in [1.807, 2.05) is 79.0 Å². The maximum absolute atomic E-state index is 12.8. The number of nitrogens with zero attached hydrogens (tertiary/aromatic N) is 3. The Kier molecular flexibility index (Phi) is 9.49. The molecule has 3 heterocycles. The van der Waals surface area contributed by atoms with Crippen LogP contribution in [0.4, 0.5) is 0 Å². The summed E-state index contributed by atoms with van der Waals surface area (Å²) in [4.78, 5) is 20.7. The first kappa shape index (κ1) is 32.4. The molecule has 0 aliphatic heterocycles. The molecular formula is C34H31N3O5S3. The van der Waals surface area contributed by atoms with E-state index < -0.39 is 14.6 Å². The van der Waals surface area contributed by atoms with E-state index in [1.54, 1.807) is 37.6 Å². The molecule has 0 fully saturated rings. The van der Waals surface area contributed by atoms with E-state index >= 15 is 0 Å². The lowest BCUT2D eigenvalue weighted by Gasteiger charge is -2.24. The van der Waals surface area contributed by atoms with Gasteiger partial charge in [-0.2, -0.15) is 4.33 Å². The number of benzene rings is 3. The summed E-state index contributed by atoms with van der Waals surface area (Å²) in [5.74, 6) is 0. The van der Waals surface area contributed by atoms with Gasteiger partial charge in [0.15, 0.2) is 9.84 Å². The molecule has 11 heteroatoms. The number of aromatic nitrogens is 3. The summed E-state index contributed by atoms with van der Waals surface area (Å²) in [6.45, 7) is 3.49. The summed E-state index contributed by atoms with van der Waals surface area (Å²) in [6.07, 6.45) is 6.61. The highest BCUT2D eigenvalue weighted by atomic mass is 32.2. The molecule has 0 atom stereocenters. The van der Waals surface area contributed by atoms with E-state index in [0.29, 0.717) is 5.56 Å². The molecule has 0 radical (unpaired) electrons. The van der Waals surface area contributed by atoms with Crippen molar-refractivity contribution in [2.45, 2.75) is 23.5 Å². The van der Waals surface area contributed by atoms with Crippen LogP contribution in [0.25, 0.3) is 54.3 Å². The zero-order valence-electron chi connectivity index (χ0n) is 25.0. The third kappa shape index (κ3) is 6.55. The lowest BCUT2D eigenvalue weighted by Crippen LogP contribution is -2.28. The summed E-state index contributed by atoms with van der Waals surface area (Å²) < 4.78 is 29.5. The van der Waals surface area contributed by atoms with Gasteiger partial charge in [-0.3, -0.25) is 9.97 Å². The molecule has 0 aliphatic carbocycles. The van der Waals surface area contributed by atoms with Crippen LogP contribution in [0, 0.1) is 0 Å². The summed E-state index contributed by atoms with van der Waals surface area (Å²) in [6, 6.07) is 27.9. The number of hydrogen-bond acceptors (Lipinski definition) is 9. The fourth-order valence-corrected chi connectivity index (χ4v) is 6.88. The molecule has 0 spiro atoms. The Balaban J connectivity index is 0.00000400. The average molecular weight is 658 g/mol. The maximum Gasteiger partial charge on any atom is 0.156 e. The summed E-state index contributed by atoms with van der Waals surface area (Å²) in [5, 5.41) is 1.74. The first-order valence-corrected chi connectivity index (χ1v) is 17.2. The fourth-order valence-electron chi connectivity index (χ4n) is 4.87. The van der Waals surface area contributed by atoms with Crippen molar-refractivity contribution >= 4 is 44.1 Å². The number of sulfone groups is 1. The Morgan fingerprint density at radius 3 is 2.29 bits per heavy atom. The second-order valence-electron chi connectivity index (χ2n) is 10.7. The molecule has 6 rings (SSSR count). The third-order valence-corrected chi connectivity index (χ3v) is 11.5. The van der Waals surface area contributed by atoms with Gasteiger partial charge in [0, 0.05) is 51.8 Å². The topological polar surface area (TPSA) is 123 Å². The summed E-state index contributed by atoms with van der Waals surface area (Å²) in [7, 11) is -1.92. The Bertz CT molecular complexity index is 2060. The summed E-state index contributed by atoms with van der Waals surface area (Å²) >= 11 is 2.74. The van der Waals surface area contributed by atoms with Crippen LogP contribution in [0.5, 0.6) is 0 Å². The van der Waals surface area contributed by atoms with Crippen LogP contribution >= 0.6 is 23.4 Å². The Morgan fingerprint density at radius 1 is 0.844 bits per heavy atom. The molecule has 0 amide bonds. The standard InChI is InChI=1S/C34H29N3O4S3.H2O/c1-34(2,44(4,38)39)27-19-24-10-7-17-36-30(24)29(20-27)23-8-5-9-25(18-23)32-31(22-12-14-28(15-13-22)43-41-40-3)37-33(42-32)26-11-6-16-35-21-26;/h5-21H,1-4H3;1H2. The van der Waals surface area contributed by atoms with Crippen molar-refractivity contribution in [3.8, 4) is 43.4 Å². The van der Waals surface area contributed by atoms with Gasteiger partial charge in [0.05, 0.1) is 40.0 Å². The van der Waals surface area contributed by atoms with Crippen LogP contribution in [-0.2, 0) is 23.8 Å². The van der Waals surface area contributed by atoms with E-state index in [9.17, 15) is 8.42 Å². The van der Waals surface area contributed by atoms with Gasteiger partial charge in [-0.05, 0) is 79.1 Å². The van der Waals surface area contributed by atoms with Crippen LogP contribution < -0.4 is 0 Å². The number of thiazole rings is 1. The van der Waals surface area contributed by atoms with Crippen LogP contribution in [-0.4, -0.2) is 42.2 Å². The van der Waals surface area contributed by atoms with Crippen molar-refractivity contribution in [1.82, 2.24) is 15.0 Å². The molecule has 0 unspecified atom stereocenters. The van der Waals surface area contributed by atoms with E-state index in [2.05, 4.69) is 17.1 Å². The van der Waals surface area contributed by atoms with E-state index in [-0.39, 0.29) is 5.48 Å². The maximum atomic E-state index is 12.8. The van der Waals surface area contributed by atoms with Crippen LogP contribution in [0.3, 0.4) is 0 Å². The number of hydrogen-bond donors (Lipinski definition) is 0. The molecular weight excluding hydrogens is 627 g/mol. The second-order valence-corrected chi connectivity index (χ2v) is 15.1. The molecule has 230 valence electrons. The van der Waals surface area contributed by atoms with Gasteiger partial charge in [0.1, 0.15) is 5.01 Å². The van der Waals surface area contributed by atoms with Crippen LogP contribution in [0.15, 0.2) is 108 Å². The first-order valence-electron chi connectivity index (χ1n) is 13.7. The minimum absolute atomic E-state index is 0. The molecule has 0 saturated heterocycles. The molecule has 0 bridgehead atoms. The zero-order chi connectivity index (χ0) is 30.9. The lowest BCUT2D eigenvalue weighted by molar-refractivity contribution is -0.160. The Hall–Kier alpha value is -3.97. The molecule has 2 N–H and O–H groups in total. The molecule has 6 aromatic rings. The molecule has 0 aliphatic rings. The zero-order valence-corrected chi connectivity index (χ0v) is 27.5. The van der Waals surface area contributed by atoms with Crippen molar-refractivity contribution < 1.29 is 23.1 Å². The molecule has 45 heavy (non-hydrogen) atoms. The van der Waals surface area contributed by atoms with Gasteiger partial charge in [-0.25, -0.2) is 18.3 Å². The predicted molar refractivity (Wildman–Crippen MR) is 182 cm³/mol. The smallest absolute Gasteiger partial charge is 0.156 e. The number of fused-ring (bicyclic) bond motifs is 1. The van der Waals surface area contributed by atoms with E-state index in [1.165, 1.54) is 13.4 Å². The van der Waals surface area contributed by atoms with Gasteiger partial charge >= 0.3 is 0 Å². The van der Waals surface area contributed by atoms with Gasteiger partial charge in [-0.15, -0.1) is 11.3 Å².